The van der Waals surface area contributed by atoms with Crippen LogP contribution in [0.15, 0.2) is 36.4 Å². The first-order valence-electron chi connectivity index (χ1n) is 6.14. The lowest BCUT2D eigenvalue weighted by Crippen LogP contribution is -2.11. The van der Waals surface area contributed by atoms with E-state index in [-0.39, 0.29) is 5.91 Å². The lowest BCUT2D eigenvalue weighted by molar-refractivity contribution is 0.102. The highest BCUT2D eigenvalue weighted by atomic mass is 35.5. The Kier molecular flexibility index (Phi) is 3.99. The van der Waals surface area contributed by atoms with Gasteiger partial charge in [-0.05, 0) is 36.4 Å². The van der Waals surface area contributed by atoms with Gasteiger partial charge in [0.15, 0.2) is 5.13 Å². The van der Waals surface area contributed by atoms with Gasteiger partial charge in [-0.1, -0.05) is 34.5 Å². The van der Waals surface area contributed by atoms with Crippen LogP contribution in [0, 0.1) is 11.3 Å². The summed E-state index contributed by atoms with van der Waals surface area (Å²) >= 11 is 13.4. The molecular weight excluding hydrogens is 341 g/mol. The van der Waals surface area contributed by atoms with Crippen molar-refractivity contribution >= 4 is 55.8 Å². The highest BCUT2D eigenvalue weighted by molar-refractivity contribution is 7.23. The monoisotopic (exact) mass is 347 g/mol. The predicted octanol–water partition coefficient (Wildman–Crippen LogP) is 4.73. The Bertz CT molecular complexity index is 874. The maximum Gasteiger partial charge on any atom is 0.257 e. The molecule has 2 aromatic carbocycles. The van der Waals surface area contributed by atoms with Crippen molar-refractivity contribution in [1.82, 2.24) is 4.98 Å². The summed E-state index contributed by atoms with van der Waals surface area (Å²) in [6, 6.07) is 11.7. The quantitative estimate of drug-likeness (QED) is 0.728. The molecule has 1 N–H and O–H groups in total. The van der Waals surface area contributed by atoms with Crippen LogP contribution in [0.25, 0.3) is 10.2 Å². The summed E-state index contributed by atoms with van der Waals surface area (Å²) in [4.78, 5) is 16.5. The highest BCUT2D eigenvalue weighted by Gasteiger charge is 2.13. The van der Waals surface area contributed by atoms with Crippen LogP contribution >= 0.6 is 34.5 Å². The number of anilines is 1. The van der Waals surface area contributed by atoms with Crippen LogP contribution < -0.4 is 5.32 Å². The van der Waals surface area contributed by atoms with Crippen molar-refractivity contribution in [2.75, 3.05) is 5.32 Å². The molecule has 0 unspecified atom stereocenters. The van der Waals surface area contributed by atoms with Crippen molar-refractivity contribution in [1.29, 1.82) is 5.26 Å². The van der Waals surface area contributed by atoms with E-state index in [0.29, 0.717) is 31.8 Å². The van der Waals surface area contributed by atoms with Gasteiger partial charge >= 0.3 is 0 Å². The van der Waals surface area contributed by atoms with Crippen LogP contribution in [-0.4, -0.2) is 10.9 Å². The van der Waals surface area contributed by atoms with Crippen molar-refractivity contribution in [2.24, 2.45) is 0 Å². The molecule has 0 saturated carbocycles. The summed E-state index contributed by atoms with van der Waals surface area (Å²) in [6.45, 7) is 0. The summed E-state index contributed by atoms with van der Waals surface area (Å²) in [5, 5.41) is 12.9. The fourth-order valence-corrected chi connectivity index (χ4v) is 3.28. The largest absolute Gasteiger partial charge is 0.298 e. The number of nitriles is 1. The summed E-state index contributed by atoms with van der Waals surface area (Å²) in [7, 11) is 0. The second kappa shape index (κ2) is 5.93. The van der Waals surface area contributed by atoms with E-state index in [0.717, 1.165) is 4.70 Å². The number of rotatable bonds is 2. The van der Waals surface area contributed by atoms with E-state index in [4.69, 9.17) is 28.5 Å². The molecule has 3 aromatic rings. The minimum Gasteiger partial charge on any atom is -0.298 e. The van der Waals surface area contributed by atoms with Gasteiger partial charge < -0.3 is 0 Å². The van der Waals surface area contributed by atoms with Crippen molar-refractivity contribution in [2.45, 2.75) is 0 Å². The Labute approximate surface area is 139 Å². The Balaban J connectivity index is 1.89. The average Bonchev–Trinajstić information content (AvgIpc) is 2.96. The van der Waals surface area contributed by atoms with E-state index < -0.39 is 0 Å². The molecule has 0 fully saturated rings. The first kappa shape index (κ1) is 14.8. The number of amides is 1. The summed E-state index contributed by atoms with van der Waals surface area (Å²) < 4.78 is 0.726. The molecule has 3 rings (SSSR count). The number of hydrogen-bond donors (Lipinski definition) is 1. The van der Waals surface area contributed by atoms with Crippen molar-refractivity contribution in [3.63, 3.8) is 0 Å². The van der Waals surface area contributed by atoms with Crippen LogP contribution in [0.2, 0.25) is 10.0 Å². The molecule has 0 radical (unpaired) electrons. The van der Waals surface area contributed by atoms with Crippen LogP contribution in [0.5, 0.6) is 0 Å². The van der Waals surface area contributed by atoms with Gasteiger partial charge in [0.1, 0.15) is 5.52 Å². The van der Waals surface area contributed by atoms with E-state index in [1.54, 1.807) is 36.4 Å². The zero-order chi connectivity index (χ0) is 15.7. The van der Waals surface area contributed by atoms with E-state index in [2.05, 4.69) is 10.3 Å². The molecule has 108 valence electrons. The zero-order valence-corrected chi connectivity index (χ0v) is 13.3. The lowest BCUT2D eigenvalue weighted by Gasteiger charge is -2.01. The summed E-state index contributed by atoms with van der Waals surface area (Å²) in [6.07, 6.45) is 0. The number of thiazole rings is 1. The number of hydrogen-bond acceptors (Lipinski definition) is 4. The van der Waals surface area contributed by atoms with Crippen LogP contribution in [0.4, 0.5) is 5.13 Å². The number of carbonyl (C=O) groups is 1. The number of benzene rings is 2. The molecule has 1 aromatic heterocycles. The molecule has 4 nitrogen and oxygen atoms in total. The fraction of sp³-hybridized carbons (Fsp3) is 0. The summed E-state index contributed by atoms with van der Waals surface area (Å²) in [5.74, 6) is -0.309. The fourth-order valence-electron chi connectivity index (χ4n) is 1.86. The topological polar surface area (TPSA) is 65.8 Å². The second-order valence-electron chi connectivity index (χ2n) is 4.37. The first-order chi connectivity index (χ1) is 10.6. The Morgan fingerprint density at radius 3 is 2.45 bits per heavy atom. The van der Waals surface area contributed by atoms with Gasteiger partial charge in [-0.15, -0.1) is 0 Å². The third kappa shape index (κ3) is 2.77. The standard InChI is InChI=1S/C15H7Cl2N3OS/c16-10-5-6-11(17)13-12(10)19-15(22-13)20-14(21)9-3-1-8(7-18)2-4-9/h1-6H,(H,19,20,21). The zero-order valence-electron chi connectivity index (χ0n) is 10.9. The van der Waals surface area contributed by atoms with Gasteiger partial charge in [0.25, 0.3) is 5.91 Å². The number of nitrogens with zero attached hydrogens (tertiary/aromatic N) is 2. The minimum absolute atomic E-state index is 0.309. The van der Waals surface area contributed by atoms with Gasteiger partial charge in [0.2, 0.25) is 0 Å². The third-order valence-corrected chi connectivity index (χ3v) is 4.68. The maximum atomic E-state index is 12.2. The molecule has 1 heterocycles. The first-order valence-corrected chi connectivity index (χ1v) is 7.72. The molecule has 7 heteroatoms. The normalized spacial score (nSPS) is 10.4. The maximum absolute atomic E-state index is 12.2. The minimum atomic E-state index is -0.309. The Morgan fingerprint density at radius 1 is 1.14 bits per heavy atom. The number of nitrogens with one attached hydrogen (secondary N) is 1. The smallest absolute Gasteiger partial charge is 0.257 e. The Morgan fingerprint density at radius 2 is 1.82 bits per heavy atom. The lowest BCUT2D eigenvalue weighted by atomic mass is 10.1. The Hall–Kier alpha value is -2.13. The third-order valence-electron chi connectivity index (χ3n) is 2.94. The molecule has 0 atom stereocenters. The van der Waals surface area contributed by atoms with E-state index in [1.165, 1.54) is 11.3 Å². The van der Waals surface area contributed by atoms with Crippen LogP contribution in [-0.2, 0) is 0 Å². The van der Waals surface area contributed by atoms with E-state index >= 15 is 0 Å². The van der Waals surface area contributed by atoms with E-state index in [9.17, 15) is 4.79 Å². The van der Waals surface area contributed by atoms with Crippen molar-refractivity contribution in [3.8, 4) is 6.07 Å². The van der Waals surface area contributed by atoms with Crippen molar-refractivity contribution < 1.29 is 4.79 Å². The molecule has 0 aliphatic carbocycles. The highest BCUT2D eigenvalue weighted by Crippen LogP contribution is 2.36. The molecular formula is C15H7Cl2N3OS. The van der Waals surface area contributed by atoms with Gasteiger partial charge in [-0.2, -0.15) is 5.26 Å². The molecule has 0 aliphatic rings. The van der Waals surface area contributed by atoms with Crippen LogP contribution in [0.3, 0.4) is 0 Å². The molecule has 22 heavy (non-hydrogen) atoms. The van der Waals surface area contributed by atoms with Crippen molar-refractivity contribution in [3.05, 3.63) is 57.6 Å². The predicted molar refractivity (Wildman–Crippen MR) is 88.8 cm³/mol. The number of aromatic nitrogens is 1. The second-order valence-corrected chi connectivity index (χ2v) is 6.18. The number of halogens is 2. The van der Waals surface area contributed by atoms with Crippen LogP contribution in [0.1, 0.15) is 15.9 Å². The van der Waals surface area contributed by atoms with E-state index in [1.807, 2.05) is 6.07 Å². The average molecular weight is 348 g/mol. The summed E-state index contributed by atoms with van der Waals surface area (Å²) in [5.41, 5.74) is 1.50. The molecule has 0 bridgehead atoms. The number of carbonyl (C=O) groups excluding carboxylic acids is 1. The van der Waals surface area contributed by atoms with Gasteiger partial charge in [-0.3, -0.25) is 10.1 Å². The van der Waals surface area contributed by atoms with Gasteiger partial charge in [-0.25, -0.2) is 4.98 Å². The van der Waals surface area contributed by atoms with Gasteiger partial charge in [0.05, 0.1) is 26.4 Å². The molecule has 0 spiro atoms. The molecule has 0 aliphatic heterocycles. The molecule has 1 amide bonds. The molecule has 0 saturated heterocycles. The number of fused-ring (bicyclic) bond motifs is 1. The van der Waals surface area contributed by atoms with Gasteiger partial charge in [0, 0.05) is 5.56 Å². The SMILES string of the molecule is N#Cc1ccc(C(=O)Nc2nc3c(Cl)ccc(Cl)c3s2)cc1.